The lowest BCUT2D eigenvalue weighted by Crippen LogP contribution is -2.34. The van der Waals surface area contributed by atoms with E-state index in [4.69, 9.17) is 4.52 Å². The summed E-state index contributed by atoms with van der Waals surface area (Å²) in [5.74, 6) is -0.943. The Labute approximate surface area is 195 Å². The first-order valence-electron chi connectivity index (χ1n) is 11.6. The number of aliphatic carboxylic acids is 1. The maximum absolute atomic E-state index is 12.3. The molecule has 1 aliphatic rings. The molecule has 2 heterocycles. The maximum Gasteiger partial charge on any atom is 0.307 e. The zero-order valence-electron chi connectivity index (χ0n) is 19.6. The normalized spacial score (nSPS) is 17.7. The molecule has 1 saturated carbocycles. The van der Waals surface area contributed by atoms with Gasteiger partial charge in [-0.25, -0.2) is 13.1 Å². The minimum Gasteiger partial charge on any atom is -0.481 e. The van der Waals surface area contributed by atoms with Crippen molar-refractivity contribution in [3.8, 4) is 0 Å². The van der Waals surface area contributed by atoms with Gasteiger partial charge >= 0.3 is 5.97 Å². The summed E-state index contributed by atoms with van der Waals surface area (Å²) in [6.45, 7) is 5.53. The first-order valence-corrected chi connectivity index (χ1v) is 13.1. The molecule has 2 aromatic heterocycles. The molecule has 1 unspecified atom stereocenters. The highest BCUT2D eigenvalue weighted by atomic mass is 32.2. The van der Waals surface area contributed by atoms with E-state index in [-0.39, 0.29) is 23.2 Å². The SMILES string of the molecule is CC(C)(C)C(C(=O)O)[C@@H](CCCC1CCCCC1)c1nc(CNS(=O)(=O)c2cn[nH]c2)no1. The van der Waals surface area contributed by atoms with Gasteiger partial charge in [-0.3, -0.25) is 9.89 Å². The van der Waals surface area contributed by atoms with E-state index in [0.29, 0.717) is 12.3 Å². The Morgan fingerprint density at radius 1 is 1.30 bits per heavy atom. The molecule has 3 rings (SSSR count). The van der Waals surface area contributed by atoms with Crippen molar-refractivity contribution in [3.05, 3.63) is 24.1 Å². The van der Waals surface area contributed by atoms with E-state index < -0.39 is 33.2 Å². The van der Waals surface area contributed by atoms with Gasteiger partial charge in [0.15, 0.2) is 5.82 Å². The molecule has 1 fully saturated rings. The molecular weight excluding hydrogens is 446 g/mol. The predicted molar refractivity (Wildman–Crippen MR) is 121 cm³/mol. The summed E-state index contributed by atoms with van der Waals surface area (Å²) in [6.07, 6.45) is 11.4. The van der Waals surface area contributed by atoms with Gasteiger partial charge in [-0.1, -0.05) is 70.9 Å². The molecule has 10 nitrogen and oxygen atoms in total. The van der Waals surface area contributed by atoms with Crippen LogP contribution in [-0.4, -0.2) is 39.8 Å². The standard InChI is InChI=1S/C22H35N5O5S/c1-22(2,3)19(21(28)29)17(11-7-10-15-8-5-4-6-9-15)20-26-18(27-32-20)14-25-33(30,31)16-12-23-24-13-16/h12-13,15,17,19,25H,4-11,14H2,1-3H3,(H,23,24)(H,28,29)/t17-,19?/m1/s1. The second-order valence-corrected chi connectivity index (χ2v) is 11.8. The van der Waals surface area contributed by atoms with Gasteiger partial charge in [-0.2, -0.15) is 10.1 Å². The molecule has 0 aliphatic heterocycles. The van der Waals surface area contributed by atoms with Crippen LogP contribution in [0.2, 0.25) is 0 Å². The number of hydrogen-bond donors (Lipinski definition) is 3. The molecule has 0 spiro atoms. The van der Waals surface area contributed by atoms with E-state index in [1.165, 1.54) is 44.5 Å². The van der Waals surface area contributed by atoms with Crippen molar-refractivity contribution in [2.45, 2.75) is 89.5 Å². The molecule has 33 heavy (non-hydrogen) atoms. The zero-order chi connectivity index (χ0) is 24.1. The number of aromatic amines is 1. The van der Waals surface area contributed by atoms with Crippen LogP contribution in [0.4, 0.5) is 0 Å². The number of aromatic nitrogens is 4. The summed E-state index contributed by atoms with van der Waals surface area (Å²) in [7, 11) is -3.77. The van der Waals surface area contributed by atoms with E-state index in [9.17, 15) is 18.3 Å². The number of carboxylic acids is 1. The number of sulfonamides is 1. The summed E-state index contributed by atoms with van der Waals surface area (Å²) in [5.41, 5.74) is -0.515. The fraction of sp³-hybridized carbons (Fsp3) is 0.727. The fourth-order valence-corrected chi connectivity index (χ4v) is 5.68. The Bertz CT molecular complexity index is 991. The van der Waals surface area contributed by atoms with Gasteiger partial charge in [-0.05, 0) is 17.8 Å². The van der Waals surface area contributed by atoms with Crippen molar-refractivity contribution < 1.29 is 22.8 Å². The Morgan fingerprint density at radius 3 is 2.64 bits per heavy atom. The van der Waals surface area contributed by atoms with E-state index in [2.05, 4.69) is 25.1 Å². The number of nitrogens with one attached hydrogen (secondary N) is 2. The topological polar surface area (TPSA) is 151 Å². The van der Waals surface area contributed by atoms with Crippen LogP contribution >= 0.6 is 0 Å². The summed E-state index contributed by atoms with van der Waals surface area (Å²) in [6, 6.07) is 0. The van der Waals surface area contributed by atoms with E-state index >= 15 is 0 Å². The van der Waals surface area contributed by atoms with Crippen molar-refractivity contribution >= 4 is 16.0 Å². The quantitative estimate of drug-likeness (QED) is 0.438. The van der Waals surface area contributed by atoms with Crippen molar-refractivity contribution in [2.75, 3.05) is 0 Å². The van der Waals surface area contributed by atoms with Gasteiger partial charge in [0.2, 0.25) is 15.9 Å². The molecule has 2 aromatic rings. The van der Waals surface area contributed by atoms with E-state index in [0.717, 1.165) is 12.8 Å². The average Bonchev–Trinajstić information content (AvgIpc) is 3.44. The van der Waals surface area contributed by atoms with Gasteiger partial charge in [0.25, 0.3) is 0 Å². The van der Waals surface area contributed by atoms with Crippen molar-refractivity contribution in [3.63, 3.8) is 0 Å². The maximum atomic E-state index is 12.3. The number of H-pyrrole nitrogens is 1. The summed E-state index contributed by atoms with van der Waals surface area (Å²) in [4.78, 5) is 16.6. The lowest BCUT2D eigenvalue weighted by atomic mass is 9.71. The first kappa shape index (κ1) is 25.4. The van der Waals surface area contributed by atoms with Crippen molar-refractivity contribution in [1.82, 2.24) is 25.1 Å². The molecule has 11 heteroatoms. The number of nitrogens with zero attached hydrogens (tertiary/aromatic N) is 3. The van der Waals surface area contributed by atoms with Gasteiger partial charge in [-0.15, -0.1) is 0 Å². The highest BCUT2D eigenvalue weighted by molar-refractivity contribution is 7.89. The Morgan fingerprint density at radius 2 is 2.03 bits per heavy atom. The molecule has 1 aliphatic carbocycles. The van der Waals surface area contributed by atoms with Crippen LogP contribution in [0.3, 0.4) is 0 Å². The highest BCUT2D eigenvalue weighted by Gasteiger charge is 2.41. The molecule has 3 N–H and O–H groups in total. The summed E-state index contributed by atoms with van der Waals surface area (Å²) >= 11 is 0. The Balaban J connectivity index is 1.72. The Hall–Kier alpha value is -2.27. The highest BCUT2D eigenvalue weighted by Crippen LogP contribution is 2.41. The zero-order valence-corrected chi connectivity index (χ0v) is 20.4. The third kappa shape index (κ3) is 6.86. The van der Waals surface area contributed by atoms with E-state index in [1.54, 1.807) is 0 Å². The number of carbonyl (C=O) groups is 1. The lowest BCUT2D eigenvalue weighted by molar-refractivity contribution is -0.147. The lowest BCUT2D eigenvalue weighted by Gasteiger charge is -2.32. The minimum atomic E-state index is -3.77. The van der Waals surface area contributed by atoms with Crippen LogP contribution in [0.15, 0.2) is 21.8 Å². The van der Waals surface area contributed by atoms with Crippen LogP contribution in [0, 0.1) is 17.3 Å². The molecule has 184 valence electrons. The molecular formula is C22H35N5O5S. The fourth-order valence-electron chi connectivity index (χ4n) is 4.80. The van der Waals surface area contributed by atoms with Crippen LogP contribution < -0.4 is 4.72 Å². The van der Waals surface area contributed by atoms with Crippen LogP contribution in [0.25, 0.3) is 0 Å². The smallest absolute Gasteiger partial charge is 0.307 e. The van der Waals surface area contributed by atoms with Gasteiger partial charge in [0.05, 0.1) is 24.6 Å². The third-order valence-electron chi connectivity index (χ3n) is 6.46. The second kappa shape index (κ2) is 10.8. The van der Waals surface area contributed by atoms with Gasteiger partial charge < -0.3 is 9.63 Å². The minimum absolute atomic E-state index is 0.00508. The van der Waals surface area contributed by atoms with Crippen molar-refractivity contribution in [2.24, 2.45) is 17.3 Å². The number of hydrogen-bond acceptors (Lipinski definition) is 7. The van der Waals surface area contributed by atoms with Gasteiger partial charge in [0, 0.05) is 6.20 Å². The monoisotopic (exact) mass is 481 g/mol. The molecule has 0 saturated heterocycles. The molecule has 0 radical (unpaired) electrons. The van der Waals surface area contributed by atoms with Gasteiger partial charge in [0.1, 0.15) is 4.90 Å². The first-order chi connectivity index (χ1) is 15.6. The van der Waals surface area contributed by atoms with Crippen LogP contribution in [0.5, 0.6) is 0 Å². The molecule has 0 aromatic carbocycles. The van der Waals surface area contributed by atoms with Crippen molar-refractivity contribution in [1.29, 1.82) is 0 Å². The number of carboxylic acid groups (broad SMARTS) is 1. The summed E-state index contributed by atoms with van der Waals surface area (Å²) < 4.78 is 32.5. The van der Waals surface area contributed by atoms with Crippen LogP contribution in [-0.2, 0) is 21.4 Å². The van der Waals surface area contributed by atoms with E-state index in [1.807, 2.05) is 20.8 Å². The third-order valence-corrected chi connectivity index (χ3v) is 7.83. The number of rotatable bonds is 11. The largest absolute Gasteiger partial charge is 0.481 e. The molecule has 0 bridgehead atoms. The molecule has 2 atom stereocenters. The van der Waals surface area contributed by atoms with Crippen LogP contribution in [0.1, 0.15) is 89.8 Å². The predicted octanol–water partition coefficient (Wildman–Crippen LogP) is 3.85. The Kier molecular flexibility index (Phi) is 8.28. The molecule has 0 amide bonds. The summed E-state index contributed by atoms with van der Waals surface area (Å²) in [5, 5.41) is 20.0. The second-order valence-electron chi connectivity index (χ2n) is 10.0. The average molecular weight is 482 g/mol.